The van der Waals surface area contributed by atoms with Crippen LogP contribution in [0.5, 0.6) is 0 Å². The topological polar surface area (TPSA) is 26.3 Å². The van der Waals surface area contributed by atoms with Gasteiger partial charge < -0.3 is 4.74 Å². The van der Waals surface area contributed by atoms with Crippen molar-refractivity contribution < 1.29 is 9.53 Å². The van der Waals surface area contributed by atoms with Crippen LogP contribution < -0.4 is 0 Å². The molecule has 2 atom stereocenters. The molecule has 0 radical (unpaired) electrons. The van der Waals surface area contributed by atoms with Gasteiger partial charge in [0.1, 0.15) is 6.61 Å². The number of carbonyl (C=O) groups excluding carboxylic acids is 1. The Bertz CT molecular complexity index is 495. The highest BCUT2D eigenvalue weighted by molar-refractivity contribution is 5.66. The molecule has 0 aromatic heterocycles. The summed E-state index contributed by atoms with van der Waals surface area (Å²) in [6.07, 6.45) is 7.29. The van der Waals surface area contributed by atoms with Crippen molar-refractivity contribution in [3.05, 3.63) is 22.8 Å². The van der Waals surface area contributed by atoms with E-state index in [1.54, 1.807) is 11.1 Å². The Morgan fingerprint density at radius 1 is 1.42 bits per heavy atom. The fraction of sp³-hybridized carbons (Fsp3) is 0.706. The van der Waals surface area contributed by atoms with Gasteiger partial charge in [0.25, 0.3) is 0 Å². The molecule has 2 heteroatoms. The van der Waals surface area contributed by atoms with Crippen molar-refractivity contribution in [1.82, 2.24) is 0 Å². The van der Waals surface area contributed by atoms with Gasteiger partial charge in [-0.15, -0.1) is 0 Å². The largest absolute Gasteiger partial charge is 0.461 e. The SMILES string of the molecule is CC(=O)OCC1=C2CC[C@@]2(C)[C@@H]2CC(C)(C)C=C2C1. The van der Waals surface area contributed by atoms with Crippen LogP contribution in [0.15, 0.2) is 22.8 Å². The number of hydrogen-bond donors (Lipinski definition) is 0. The maximum atomic E-state index is 11.0. The summed E-state index contributed by atoms with van der Waals surface area (Å²) in [5, 5.41) is 0. The lowest BCUT2D eigenvalue weighted by atomic mass is 9.52. The van der Waals surface area contributed by atoms with Gasteiger partial charge in [-0.3, -0.25) is 4.79 Å². The molecule has 3 aliphatic carbocycles. The van der Waals surface area contributed by atoms with Crippen molar-refractivity contribution in [2.24, 2.45) is 16.7 Å². The second-order valence-corrected chi connectivity index (χ2v) is 7.42. The number of ether oxygens (including phenoxy) is 1. The van der Waals surface area contributed by atoms with Gasteiger partial charge in [-0.1, -0.05) is 38.0 Å². The third-order valence-electron chi connectivity index (χ3n) is 5.40. The van der Waals surface area contributed by atoms with E-state index in [4.69, 9.17) is 4.74 Å². The monoisotopic (exact) mass is 260 g/mol. The molecule has 19 heavy (non-hydrogen) atoms. The summed E-state index contributed by atoms with van der Waals surface area (Å²) in [6.45, 7) is 9.09. The lowest BCUT2D eigenvalue weighted by molar-refractivity contribution is -0.140. The van der Waals surface area contributed by atoms with Crippen LogP contribution in [0.4, 0.5) is 0 Å². The van der Waals surface area contributed by atoms with E-state index in [-0.39, 0.29) is 5.97 Å². The van der Waals surface area contributed by atoms with Crippen molar-refractivity contribution in [3.63, 3.8) is 0 Å². The smallest absolute Gasteiger partial charge is 0.302 e. The molecule has 1 fully saturated rings. The standard InChI is InChI=1S/C17H24O2/c1-11(18)19-10-13-7-12-8-16(2,3)9-15(12)17(4)6-5-14(13)17/h8,15H,5-7,9-10H2,1-4H3/t15-,17-/m1/s1. The molecule has 0 N–H and O–H groups in total. The predicted octanol–water partition coefficient (Wildman–Crippen LogP) is 4.02. The van der Waals surface area contributed by atoms with E-state index in [9.17, 15) is 4.79 Å². The first-order valence-electron chi connectivity index (χ1n) is 7.38. The second kappa shape index (κ2) is 3.97. The molecule has 0 bridgehead atoms. The first-order valence-corrected chi connectivity index (χ1v) is 7.38. The first kappa shape index (κ1) is 13.0. The number of rotatable bonds is 2. The molecule has 3 aliphatic rings. The Kier molecular flexibility index (Phi) is 2.71. The number of fused-ring (bicyclic) bond motifs is 3. The van der Waals surface area contributed by atoms with E-state index in [2.05, 4.69) is 26.8 Å². The van der Waals surface area contributed by atoms with Gasteiger partial charge in [0, 0.05) is 6.92 Å². The van der Waals surface area contributed by atoms with Crippen molar-refractivity contribution in [1.29, 1.82) is 0 Å². The summed E-state index contributed by atoms with van der Waals surface area (Å²) < 4.78 is 5.26. The highest BCUT2D eigenvalue weighted by Gasteiger charge is 2.52. The van der Waals surface area contributed by atoms with E-state index < -0.39 is 0 Å². The van der Waals surface area contributed by atoms with Gasteiger partial charge in [-0.25, -0.2) is 0 Å². The fourth-order valence-corrected chi connectivity index (χ4v) is 4.42. The maximum Gasteiger partial charge on any atom is 0.302 e. The van der Waals surface area contributed by atoms with E-state index in [1.807, 2.05) is 0 Å². The number of hydrogen-bond acceptors (Lipinski definition) is 2. The van der Waals surface area contributed by atoms with Crippen molar-refractivity contribution in [2.75, 3.05) is 6.61 Å². The van der Waals surface area contributed by atoms with E-state index in [0.29, 0.717) is 17.4 Å². The van der Waals surface area contributed by atoms with Gasteiger partial charge >= 0.3 is 5.97 Å². The molecule has 0 heterocycles. The molecule has 0 saturated heterocycles. The quantitative estimate of drug-likeness (QED) is 0.553. The third-order valence-corrected chi connectivity index (χ3v) is 5.40. The average Bonchev–Trinajstić information content (AvgIpc) is 2.58. The maximum absolute atomic E-state index is 11.0. The van der Waals surface area contributed by atoms with Gasteiger partial charge in [0.2, 0.25) is 0 Å². The lowest BCUT2D eigenvalue weighted by Gasteiger charge is -2.52. The van der Waals surface area contributed by atoms with Crippen LogP contribution in [-0.4, -0.2) is 12.6 Å². The zero-order chi connectivity index (χ0) is 13.8. The molecule has 0 unspecified atom stereocenters. The van der Waals surface area contributed by atoms with Crippen molar-refractivity contribution in [2.45, 2.75) is 53.4 Å². The Morgan fingerprint density at radius 3 is 2.74 bits per heavy atom. The summed E-state index contributed by atoms with van der Waals surface area (Å²) in [5.74, 6) is 0.560. The van der Waals surface area contributed by atoms with Crippen LogP contribution in [0.3, 0.4) is 0 Å². The third kappa shape index (κ3) is 1.96. The summed E-state index contributed by atoms with van der Waals surface area (Å²) in [7, 11) is 0. The molecular formula is C17H24O2. The molecule has 0 aromatic carbocycles. The Balaban J connectivity index is 1.90. The number of carbonyl (C=O) groups is 1. The van der Waals surface area contributed by atoms with Crippen molar-refractivity contribution in [3.8, 4) is 0 Å². The summed E-state index contributed by atoms with van der Waals surface area (Å²) in [6, 6.07) is 0. The summed E-state index contributed by atoms with van der Waals surface area (Å²) in [4.78, 5) is 11.0. The molecule has 0 amide bonds. The first-order chi connectivity index (χ1) is 8.82. The minimum absolute atomic E-state index is 0.169. The molecule has 0 aromatic rings. The van der Waals surface area contributed by atoms with Crippen LogP contribution in [-0.2, 0) is 9.53 Å². The highest BCUT2D eigenvalue weighted by atomic mass is 16.5. The molecule has 0 aliphatic heterocycles. The predicted molar refractivity (Wildman–Crippen MR) is 75.6 cm³/mol. The minimum atomic E-state index is -0.169. The van der Waals surface area contributed by atoms with Crippen LogP contribution in [0.25, 0.3) is 0 Å². The summed E-state index contributed by atoms with van der Waals surface area (Å²) in [5.41, 5.74) is 5.25. The Morgan fingerprint density at radius 2 is 2.16 bits per heavy atom. The summed E-state index contributed by atoms with van der Waals surface area (Å²) >= 11 is 0. The van der Waals surface area contributed by atoms with Gasteiger partial charge in [0.15, 0.2) is 0 Å². The van der Waals surface area contributed by atoms with Gasteiger partial charge in [0.05, 0.1) is 0 Å². The Labute approximate surface area is 115 Å². The molecule has 0 spiro atoms. The van der Waals surface area contributed by atoms with E-state index in [1.165, 1.54) is 31.8 Å². The Hall–Kier alpha value is -1.05. The van der Waals surface area contributed by atoms with Crippen LogP contribution in [0.2, 0.25) is 0 Å². The average molecular weight is 260 g/mol. The fourth-order valence-electron chi connectivity index (χ4n) is 4.42. The molecule has 3 rings (SSSR count). The van der Waals surface area contributed by atoms with Crippen LogP contribution in [0, 0.1) is 16.7 Å². The van der Waals surface area contributed by atoms with Crippen LogP contribution >= 0.6 is 0 Å². The van der Waals surface area contributed by atoms with Gasteiger partial charge in [-0.05, 0) is 48.0 Å². The van der Waals surface area contributed by atoms with Crippen LogP contribution in [0.1, 0.15) is 53.4 Å². The number of esters is 1. The number of allylic oxidation sites excluding steroid dienone is 3. The van der Waals surface area contributed by atoms with Crippen molar-refractivity contribution >= 4 is 5.97 Å². The minimum Gasteiger partial charge on any atom is -0.461 e. The lowest BCUT2D eigenvalue weighted by Crippen LogP contribution is -2.42. The zero-order valence-corrected chi connectivity index (χ0v) is 12.5. The van der Waals surface area contributed by atoms with E-state index in [0.717, 1.165) is 12.3 Å². The van der Waals surface area contributed by atoms with E-state index >= 15 is 0 Å². The van der Waals surface area contributed by atoms with Gasteiger partial charge in [-0.2, -0.15) is 0 Å². The molecule has 1 saturated carbocycles. The second-order valence-electron chi connectivity index (χ2n) is 7.42. The zero-order valence-electron chi connectivity index (χ0n) is 12.5. The molecule has 104 valence electrons. The molecular weight excluding hydrogens is 236 g/mol. The molecule has 2 nitrogen and oxygen atoms in total. The highest BCUT2D eigenvalue weighted by Crippen LogP contribution is 2.64. The normalized spacial score (nSPS) is 35.2.